The van der Waals surface area contributed by atoms with E-state index in [1.807, 2.05) is 31.3 Å². The molecule has 1 N–H and O–H groups in total. The first kappa shape index (κ1) is 26.1. The van der Waals surface area contributed by atoms with Crippen molar-refractivity contribution >= 4 is 5.78 Å². The molecule has 0 aliphatic carbocycles. The zero-order chi connectivity index (χ0) is 25.2. The lowest BCUT2D eigenvalue weighted by Gasteiger charge is -2.32. The summed E-state index contributed by atoms with van der Waals surface area (Å²) in [4.78, 5) is 15.4. The third-order valence-electron chi connectivity index (χ3n) is 7.09. The van der Waals surface area contributed by atoms with Crippen LogP contribution in [0.2, 0.25) is 0 Å². The molecule has 36 heavy (non-hydrogen) atoms. The summed E-state index contributed by atoms with van der Waals surface area (Å²) in [7, 11) is 1.91. The van der Waals surface area contributed by atoms with Crippen molar-refractivity contribution in [2.75, 3.05) is 26.7 Å². The number of nitrogens with zero attached hydrogens (tertiary/aromatic N) is 1. The van der Waals surface area contributed by atoms with Crippen LogP contribution in [-0.4, -0.2) is 37.4 Å². The van der Waals surface area contributed by atoms with Crippen molar-refractivity contribution in [3.63, 3.8) is 0 Å². The first-order chi connectivity index (χ1) is 17.6. The van der Waals surface area contributed by atoms with Gasteiger partial charge in [-0.1, -0.05) is 54.6 Å². The van der Waals surface area contributed by atoms with Gasteiger partial charge in [0.05, 0.1) is 0 Å². The van der Waals surface area contributed by atoms with Crippen LogP contribution >= 0.6 is 0 Å². The van der Waals surface area contributed by atoms with E-state index < -0.39 is 0 Å². The molecular formula is C31H37FN2O2. The molecular weight excluding hydrogens is 451 g/mol. The Hall–Kier alpha value is -3.02. The summed E-state index contributed by atoms with van der Waals surface area (Å²) in [5, 5.41) is 3.16. The van der Waals surface area contributed by atoms with E-state index in [2.05, 4.69) is 40.5 Å². The average Bonchev–Trinajstić information content (AvgIpc) is 2.92. The summed E-state index contributed by atoms with van der Waals surface area (Å²) in [5.41, 5.74) is 3.14. The largest absolute Gasteiger partial charge is 0.486 e. The van der Waals surface area contributed by atoms with Crippen molar-refractivity contribution in [2.45, 2.75) is 44.8 Å². The summed E-state index contributed by atoms with van der Waals surface area (Å²) >= 11 is 0. The van der Waals surface area contributed by atoms with E-state index in [1.165, 1.54) is 17.7 Å². The number of carbonyl (C=O) groups is 1. The van der Waals surface area contributed by atoms with E-state index >= 15 is 0 Å². The molecule has 5 heteroatoms. The van der Waals surface area contributed by atoms with Gasteiger partial charge < -0.3 is 10.1 Å². The molecule has 0 bridgehead atoms. The van der Waals surface area contributed by atoms with Gasteiger partial charge in [-0.2, -0.15) is 0 Å². The molecule has 0 amide bonds. The molecule has 0 radical (unpaired) electrons. The van der Waals surface area contributed by atoms with Crippen LogP contribution in [0.25, 0.3) is 0 Å². The van der Waals surface area contributed by atoms with Gasteiger partial charge in [-0.05, 0) is 87.3 Å². The number of hydrogen-bond donors (Lipinski definition) is 1. The number of likely N-dealkylation sites (tertiary alicyclic amines) is 1. The van der Waals surface area contributed by atoms with Gasteiger partial charge in [0.2, 0.25) is 0 Å². The predicted molar refractivity (Wildman–Crippen MR) is 143 cm³/mol. The lowest BCUT2D eigenvalue weighted by Crippen LogP contribution is -2.33. The Morgan fingerprint density at radius 3 is 2.36 bits per heavy atom. The van der Waals surface area contributed by atoms with Crippen LogP contribution in [0.15, 0.2) is 78.9 Å². The highest BCUT2D eigenvalue weighted by Gasteiger charge is 2.21. The number of halogens is 1. The number of rotatable bonds is 12. The summed E-state index contributed by atoms with van der Waals surface area (Å²) in [6.07, 6.45) is 4.47. The zero-order valence-corrected chi connectivity index (χ0v) is 21.2. The van der Waals surface area contributed by atoms with Crippen LogP contribution in [0.4, 0.5) is 4.39 Å². The fourth-order valence-corrected chi connectivity index (χ4v) is 4.88. The zero-order valence-electron chi connectivity index (χ0n) is 21.2. The first-order valence-electron chi connectivity index (χ1n) is 13.1. The van der Waals surface area contributed by atoms with Crippen LogP contribution in [-0.2, 0) is 6.54 Å². The molecule has 1 saturated heterocycles. The molecule has 1 unspecified atom stereocenters. The van der Waals surface area contributed by atoms with E-state index in [4.69, 9.17) is 4.74 Å². The maximum absolute atomic E-state index is 13.2. The van der Waals surface area contributed by atoms with E-state index in [1.54, 1.807) is 12.1 Å². The summed E-state index contributed by atoms with van der Waals surface area (Å²) in [6, 6.07) is 24.5. The molecule has 4 nitrogen and oxygen atoms in total. The van der Waals surface area contributed by atoms with Crippen LogP contribution in [0.5, 0.6) is 5.75 Å². The van der Waals surface area contributed by atoms with Crippen molar-refractivity contribution in [2.24, 2.45) is 5.92 Å². The molecule has 1 atom stereocenters. The lowest BCUT2D eigenvalue weighted by atomic mass is 9.90. The Morgan fingerprint density at radius 1 is 1.00 bits per heavy atom. The number of piperidine rings is 1. The molecule has 3 aromatic rings. The van der Waals surface area contributed by atoms with E-state index in [0.29, 0.717) is 18.1 Å². The molecule has 0 aromatic heterocycles. The van der Waals surface area contributed by atoms with Crippen molar-refractivity contribution < 1.29 is 13.9 Å². The topological polar surface area (TPSA) is 41.6 Å². The Balaban J connectivity index is 1.26. The van der Waals surface area contributed by atoms with E-state index in [9.17, 15) is 9.18 Å². The number of ketones is 1. The second-order valence-electron chi connectivity index (χ2n) is 9.74. The Morgan fingerprint density at radius 2 is 1.69 bits per heavy atom. The number of hydrogen-bond acceptors (Lipinski definition) is 4. The van der Waals surface area contributed by atoms with Crippen LogP contribution < -0.4 is 10.1 Å². The van der Waals surface area contributed by atoms with Gasteiger partial charge in [0.25, 0.3) is 0 Å². The van der Waals surface area contributed by atoms with Crippen molar-refractivity contribution in [3.05, 3.63) is 101 Å². The first-order valence-corrected chi connectivity index (χ1v) is 13.1. The van der Waals surface area contributed by atoms with Gasteiger partial charge in [0.1, 0.15) is 17.7 Å². The molecule has 1 aliphatic rings. The van der Waals surface area contributed by atoms with Gasteiger partial charge in [-0.25, -0.2) is 4.39 Å². The summed E-state index contributed by atoms with van der Waals surface area (Å²) in [6.45, 7) is 4.00. The van der Waals surface area contributed by atoms with Crippen molar-refractivity contribution in [1.29, 1.82) is 0 Å². The molecule has 190 valence electrons. The Bertz CT molecular complexity index is 1060. The van der Waals surface area contributed by atoms with Crippen molar-refractivity contribution in [3.8, 4) is 5.75 Å². The fourth-order valence-electron chi connectivity index (χ4n) is 4.88. The second kappa shape index (κ2) is 13.3. The summed E-state index contributed by atoms with van der Waals surface area (Å²) < 4.78 is 19.4. The lowest BCUT2D eigenvalue weighted by molar-refractivity contribution is 0.0961. The average molecular weight is 489 g/mol. The number of nitrogens with one attached hydrogen (secondary N) is 1. The van der Waals surface area contributed by atoms with Gasteiger partial charge in [0.15, 0.2) is 5.78 Å². The standard InChI is InChI=1S/C31H37FN2O2/c1-33-20-17-31(36-29-14-12-28(32)13-15-29)27-10-8-26(9-11-27)30(35)16-7-24-18-21-34(22-19-24)23-25-5-3-2-4-6-25/h2-6,8-15,24,31,33H,7,16-23H2,1H3. The minimum Gasteiger partial charge on any atom is -0.486 e. The van der Waals surface area contributed by atoms with E-state index in [-0.39, 0.29) is 17.7 Å². The van der Waals surface area contributed by atoms with Gasteiger partial charge >= 0.3 is 0 Å². The molecule has 0 saturated carbocycles. The number of carbonyl (C=O) groups excluding carboxylic acids is 1. The summed E-state index contributed by atoms with van der Waals surface area (Å²) in [5.74, 6) is 1.18. The van der Waals surface area contributed by atoms with Crippen LogP contribution in [0.1, 0.15) is 59.7 Å². The normalized spacial score (nSPS) is 15.5. The highest BCUT2D eigenvalue weighted by molar-refractivity contribution is 5.96. The van der Waals surface area contributed by atoms with Crippen LogP contribution in [0.3, 0.4) is 0 Å². The molecule has 1 fully saturated rings. The minimum absolute atomic E-state index is 0.173. The SMILES string of the molecule is CNCCC(Oc1ccc(F)cc1)c1ccc(C(=O)CCC2CCN(Cc3ccccc3)CC2)cc1. The van der Waals surface area contributed by atoms with Gasteiger partial charge in [-0.15, -0.1) is 0 Å². The molecule has 1 heterocycles. The fraction of sp³-hybridized carbons (Fsp3) is 0.387. The van der Waals surface area contributed by atoms with Gasteiger partial charge in [0, 0.05) is 24.9 Å². The molecule has 3 aromatic carbocycles. The third kappa shape index (κ3) is 7.74. The third-order valence-corrected chi connectivity index (χ3v) is 7.09. The predicted octanol–water partition coefficient (Wildman–Crippen LogP) is 6.43. The maximum atomic E-state index is 13.2. The number of Topliss-reactive ketones (excluding diaryl/α,β-unsaturated/α-hetero) is 1. The molecule has 4 rings (SSSR count). The highest BCUT2D eigenvalue weighted by atomic mass is 19.1. The minimum atomic E-state index is -0.283. The maximum Gasteiger partial charge on any atom is 0.162 e. The number of benzene rings is 3. The molecule has 0 spiro atoms. The van der Waals surface area contributed by atoms with E-state index in [0.717, 1.165) is 63.0 Å². The second-order valence-corrected chi connectivity index (χ2v) is 9.74. The van der Waals surface area contributed by atoms with Gasteiger partial charge in [-0.3, -0.25) is 9.69 Å². The smallest absolute Gasteiger partial charge is 0.162 e. The van der Waals surface area contributed by atoms with Crippen LogP contribution in [0, 0.1) is 11.7 Å². The van der Waals surface area contributed by atoms with Crippen molar-refractivity contribution in [1.82, 2.24) is 10.2 Å². The molecule has 1 aliphatic heterocycles. The quantitative estimate of drug-likeness (QED) is 0.298. The highest BCUT2D eigenvalue weighted by Crippen LogP contribution is 2.27. The Labute approximate surface area is 214 Å². The monoisotopic (exact) mass is 488 g/mol. The Kier molecular flexibility index (Phi) is 9.65. The number of ether oxygens (including phenoxy) is 1.